The van der Waals surface area contributed by atoms with Crippen LogP contribution >= 0.6 is 0 Å². The molecule has 0 saturated heterocycles. The summed E-state index contributed by atoms with van der Waals surface area (Å²) < 4.78 is 4.98. The van der Waals surface area contributed by atoms with Crippen molar-refractivity contribution in [2.75, 3.05) is 0 Å². The number of hydrogen-bond donors (Lipinski definition) is 0. The molecular formula is C8H10N2O. The standard InChI is InChI=1S/C8H10N2O/c1-5(2)8-7(4-9)6(3)10-11-8/h5H,1-3H3. The Labute approximate surface area is 65.6 Å². The van der Waals surface area contributed by atoms with Crippen molar-refractivity contribution in [3.05, 3.63) is 17.0 Å². The number of hydrogen-bond acceptors (Lipinski definition) is 3. The zero-order chi connectivity index (χ0) is 8.43. The predicted octanol–water partition coefficient (Wildman–Crippen LogP) is 1.98. The molecule has 0 aliphatic carbocycles. The van der Waals surface area contributed by atoms with Crippen molar-refractivity contribution in [2.45, 2.75) is 26.7 Å². The van der Waals surface area contributed by atoms with Crippen LogP contribution in [0, 0.1) is 18.3 Å². The molecule has 0 atom stereocenters. The third kappa shape index (κ3) is 1.25. The van der Waals surface area contributed by atoms with Crippen LogP contribution in [0.25, 0.3) is 0 Å². The van der Waals surface area contributed by atoms with Gasteiger partial charge in [0.25, 0.3) is 0 Å². The van der Waals surface area contributed by atoms with Crippen molar-refractivity contribution in [1.82, 2.24) is 5.16 Å². The Morgan fingerprint density at radius 1 is 1.55 bits per heavy atom. The number of nitrogens with zero attached hydrogens (tertiary/aromatic N) is 2. The van der Waals surface area contributed by atoms with Crippen LogP contribution in [0.4, 0.5) is 0 Å². The Kier molecular flexibility index (Phi) is 1.95. The molecule has 3 nitrogen and oxygen atoms in total. The van der Waals surface area contributed by atoms with Gasteiger partial charge in [-0.3, -0.25) is 0 Å². The van der Waals surface area contributed by atoms with Crippen molar-refractivity contribution in [1.29, 1.82) is 5.26 Å². The highest BCUT2D eigenvalue weighted by molar-refractivity contribution is 5.36. The summed E-state index contributed by atoms with van der Waals surface area (Å²) in [7, 11) is 0. The Morgan fingerprint density at radius 2 is 2.18 bits per heavy atom. The monoisotopic (exact) mass is 150 g/mol. The summed E-state index contributed by atoms with van der Waals surface area (Å²) in [6.45, 7) is 5.72. The highest BCUT2D eigenvalue weighted by atomic mass is 16.5. The molecule has 0 aliphatic rings. The molecule has 0 spiro atoms. The van der Waals surface area contributed by atoms with Gasteiger partial charge in [0.05, 0.1) is 5.69 Å². The molecule has 1 heterocycles. The van der Waals surface area contributed by atoms with Crippen molar-refractivity contribution >= 4 is 0 Å². The maximum absolute atomic E-state index is 8.69. The summed E-state index contributed by atoms with van der Waals surface area (Å²) >= 11 is 0. The second kappa shape index (κ2) is 2.75. The van der Waals surface area contributed by atoms with E-state index in [1.165, 1.54) is 0 Å². The van der Waals surface area contributed by atoms with E-state index in [0.29, 0.717) is 17.0 Å². The van der Waals surface area contributed by atoms with Crippen LogP contribution in [0.2, 0.25) is 0 Å². The van der Waals surface area contributed by atoms with Gasteiger partial charge in [0, 0.05) is 5.92 Å². The lowest BCUT2D eigenvalue weighted by Gasteiger charge is -1.96. The SMILES string of the molecule is Cc1noc(C(C)C)c1C#N. The van der Waals surface area contributed by atoms with Crippen LogP contribution in [0.3, 0.4) is 0 Å². The summed E-state index contributed by atoms with van der Waals surface area (Å²) in [5, 5.41) is 12.4. The minimum atomic E-state index is 0.228. The molecule has 0 radical (unpaired) electrons. The number of rotatable bonds is 1. The first-order valence-corrected chi connectivity index (χ1v) is 3.53. The fourth-order valence-electron chi connectivity index (χ4n) is 0.917. The molecule has 0 N–H and O–H groups in total. The Morgan fingerprint density at radius 3 is 2.55 bits per heavy atom. The zero-order valence-electron chi connectivity index (χ0n) is 6.88. The molecule has 0 amide bonds. The van der Waals surface area contributed by atoms with E-state index in [0.717, 1.165) is 0 Å². The third-order valence-electron chi connectivity index (χ3n) is 1.53. The van der Waals surface area contributed by atoms with Gasteiger partial charge in [-0.2, -0.15) is 5.26 Å². The van der Waals surface area contributed by atoms with Gasteiger partial charge in [-0.25, -0.2) is 0 Å². The lowest BCUT2D eigenvalue weighted by molar-refractivity contribution is 0.367. The molecule has 1 rings (SSSR count). The molecule has 1 aromatic rings. The van der Waals surface area contributed by atoms with E-state index in [1.807, 2.05) is 13.8 Å². The van der Waals surface area contributed by atoms with Crippen molar-refractivity contribution < 1.29 is 4.52 Å². The van der Waals surface area contributed by atoms with E-state index in [-0.39, 0.29) is 5.92 Å². The van der Waals surface area contributed by atoms with Crippen LogP contribution < -0.4 is 0 Å². The summed E-state index contributed by atoms with van der Waals surface area (Å²) in [5.74, 6) is 0.913. The largest absolute Gasteiger partial charge is 0.359 e. The molecule has 0 unspecified atom stereocenters. The maximum Gasteiger partial charge on any atom is 0.157 e. The lowest BCUT2D eigenvalue weighted by atomic mass is 10.1. The van der Waals surface area contributed by atoms with Gasteiger partial charge in [0.2, 0.25) is 0 Å². The normalized spacial score (nSPS) is 10.1. The van der Waals surface area contributed by atoms with E-state index in [9.17, 15) is 0 Å². The third-order valence-corrected chi connectivity index (χ3v) is 1.53. The molecule has 0 aliphatic heterocycles. The maximum atomic E-state index is 8.69. The van der Waals surface area contributed by atoms with E-state index < -0.39 is 0 Å². The first kappa shape index (κ1) is 7.80. The van der Waals surface area contributed by atoms with Crippen LogP contribution in [-0.2, 0) is 0 Å². The minimum absolute atomic E-state index is 0.228. The highest BCUT2D eigenvalue weighted by Crippen LogP contribution is 2.20. The average molecular weight is 150 g/mol. The van der Waals surface area contributed by atoms with Gasteiger partial charge in [-0.1, -0.05) is 19.0 Å². The molecule has 58 valence electrons. The summed E-state index contributed by atoms with van der Waals surface area (Å²) in [6, 6.07) is 2.07. The fraction of sp³-hybridized carbons (Fsp3) is 0.500. The van der Waals surface area contributed by atoms with Gasteiger partial charge < -0.3 is 4.52 Å². The van der Waals surface area contributed by atoms with E-state index in [1.54, 1.807) is 6.92 Å². The van der Waals surface area contributed by atoms with Gasteiger partial charge in [0.1, 0.15) is 11.6 Å². The molecule has 0 fully saturated rings. The molecular weight excluding hydrogens is 140 g/mol. The average Bonchev–Trinajstić information content (AvgIpc) is 2.30. The Hall–Kier alpha value is -1.30. The number of nitriles is 1. The van der Waals surface area contributed by atoms with E-state index in [4.69, 9.17) is 9.78 Å². The quantitative estimate of drug-likeness (QED) is 0.615. The van der Waals surface area contributed by atoms with Crippen molar-refractivity contribution in [3.8, 4) is 6.07 Å². The van der Waals surface area contributed by atoms with Gasteiger partial charge in [-0.05, 0) is 6.92 Å². The van der Waals surface area contributed by atoms with Crippen LogP contribution in [-0.4, -0.2) is 5.16 Å². The molecule has 0 aromatic carbocycles. The number of aromatic nitrogens is 1. The van der Waals surface area contributed by atoms with Gasteiger partial charge in [0.15, 0.2) is 5.76 Å². The summed E-state index contributed by atoms with van der Waals surface area (Å²) in [5.41, 5.74) is 1.26. The first-order chi connectivity index (χ1) is 5.16. The van der Waals surface area contributed by atoms with Gasteiger partial charge in [-0.15, -0.1) is 0 Å². The van der Waals surface area contributed by atoms with Crippen LogP contribution in [0.15, 0.2) is 4.52 Å². The van der Waals surface area contributed by atoms with E-state index >= 15 is 0 Å². The van der Waals surface area contributed by atoms with Crippen LogP contribution in [0.1, 0.15) is 36.8 Å². The minimum Gasteiger partial charge on any atom is -0.359 e. The first-order valence-electron chi connectivity index (χ1n) is 3.53. The molecule has 0 saturated carbocycles. The summed E-state index contributed by atoms with van der Waals surface area (Å²) in [6.07, 6.45) is 0. The van der Waals surface area contributed by atoms with Crippen LogP contribution in [0.5, 0.6) is 0 Å². The zero-order valence-corrected chi connectivity index (χ0v) is 6.88. The molecule has 1 aromatic heterocycles. The van der Waals surface area contributed by atoms with Gasteiger partial charge >= 0.3 is 0 Å². The summed E-state index contributed by atoms with van der Waals surface area (Å²) in [4.78, 5) is 0. The number of aryl methyl sites for hydroxylation is 1. The second-order valence-electron chi connectivity index (χ2n) is 2.77. The lowest BCUT2D eigenvalue weighted by Crippen LogP contribution is -1.87. The highest BCUT2D eigenvalue weighted by Gasteiger charge is 2.14. The fourth-order valence-corrected chi connectivity index (χ4v) is 0.917. The van der Waals surface area contributed by atoms with Crippen molar-refractivity contribution in [3.63, 3.8) is 0 Å². The molecule has 11 heavy (non-hydrogen) atoms. The van der Waals surface area contributed by atoms with E-state index in [2.05, 4.69) is 11.2 Å². The predicted molar refractivity (Wildman–Crippen MR) is 40.0 cm³/mol. The van der Waals surface area contributed by atoms with Crippen molar-refractivity contribution in [2.24, 2.45) is 0 Å². The second-order valence-corrected chi connectivity index (χ2v) is 2.77. The smallest absolute Gasteiger partial charge is 0.157 e. The molecule has 0 bridgehead atoms. The molecule has 3 heteroatoms. The Balaban J connectivity index is 3.19. The Bertz CT molecular complexity index is 294. The topological polar surface area (TPSA) is 49.8 Å².